The molecule has 0 bridgehead atoms. The van der Waals surface area contributed by atoms with Gasteiger partial charge in [0.1, 0.15) is 5.75 Å². The zero-order valence-corrected chi connectivity index (χ0v) is 6.75. The van der Waals surface area contributed by atoms with Gasteiger partial charge in [0, 0.05) is 13.1 Å². The molecule has 1 aromatic carbocycles. The van der Waals surface area contributed by atoms with Crippen molar-refractivity contribution in [1.82, 2.24) is 5.32 Å². The van der Waals surface area contributed by atoms with Crippen molar-refractivity contribution in [3.63, 3.8) is 0 Å². The summed E-state index contributed by atoms with van der Waals surface area (Å²) in [6.07, 6.45) is 2.11. The van der Waals surface area contributed by atoms with Gasteiger partial charge in [-0.15, -0.1) is 0 Å². The van der Waals surface area contributed by atoms with Crippen LogP contribution < -0.4 is 5.32 Å². The van der Waals surface area contributed by atoms with Gasteiger partial charge in [-0.05, 0) is 23.3 Å². The first kappa shape index (κ1) is 7.37. The van der Waals surface area contributed by atoms with Crippen LogP contribution in [0.15, 0.2) is 29.8 Å². The first-order valence-electron chi connectivity index (χ1n) is 4.04. The summed E-state index contributed by atoms with van der Waals surface area (Å²) in [4.78, 5) is 0. The molecule has 0 radical (unpaired) electrons. The first-order chi connectivity index (χ1) is 5.84. The third-order valence-corrected chi connectivity index (χ3v) is 1.95. The van der Waals surface area contributed by atoms with Crippen molar-refractivity contribution < 1.29 is 5.11 Å². The van der Waals surface area contributed by atoms with Crippen molar-refractivity contribution in [2.45, 2.75) is 0 Å². The van der Waals surface area contributed by atoms with Crippen LogP contribution in [0.3, 0.4) is 0 Å². The molecule has 0 aliphatic carbocycles. The van der Waals surface area contributed by atoms with Crippen molar-refractivity contribution in [3.8, 4) is 5.75 Å². The quantitative estimate of drug-likeness (QED) is 0.652. The lowest BCUT2D eigenvalue weighted by Gasteiger charge is -2.18. The lowest BCUT2D eigenvalue weighted by Crippen LogP contribution is -2.33. The number of rotatable bonds is 1. The van der Waals surface area contributed by atoms with E-state index in [9.17, 15) is 5.11 Å². The SMILES string of the molecule is Oc1cccc(C=C2CNC2)c1. The maximum absolute atomic E-state index is 9.17. The summed E-state index contributed by atoms with van der Waals surface area (Å²) in [6, 6.07) is 7.30. The van der Waals surface area contributed by atoms with E-state index in [0.29, 0.717) is 5.75 Å². The number of hydrogen-bond donors (Lipinski definition) is 2. The Kier molecular flexibility index (Phi) is 1.84. The highest BCUT2D eigenvalue weighted by atomic mass is 16.3. The van der Waals surface area contributed by atoms with Gasteiger partial charge >= 0.3 is 0 Å². The van der Waals surface area contributed by atoms with Crippen LogP contribution >= 0.6 is 0 Å². The Morgan fingerprint density at radius 2 is 2.17 bits per heavy atom. The third kappa shape index (κ3) is 1.48. The molecule has 1 heterocycles. The average Bonchev–Trinajstić information content (AvgIpc) is 1.97. The van der Waals surface area contributed by atoms with Crippen molar-refractivity contribution >= 4 is 6.08 Å². The molecular formula is C10H11NO. The highest BCUT2D eigenvalue weighted by Gasteiger charge is 2.05. The van der Waals surface area contributed by atoms with E-state index in [1.165, 1.54) is 5.57 Å². The Hall–Kier alpha value is -1.28. The van der Waals surface area contributed by atoms with Crippen LogP contribution in [0.2, 0.25) is 0 Å². The summed E-state index contributed by atoms with van der Waals surface area (Å²) in [5.41, 5.74) is 2.46. The van der Waals surface area contributed by atoms with Crippen LogP contribution in [-0.4, -0.2) is 18.2 Å². The van der Waals surface area contributed by atoms with Crippen LogP contribution in [0.1, 0.15) is 5.56 Å². The maximum atomic E-state index is 9.17. The van der Waals surface area contributed by atoms with E-state index in [0.717, 1.165) is 18.7 Å². The Morgan fingerprint density at radius 3 is 2.75 bits per heavy atom. The first-order valence-corrected chi connectivity index (χ1v) is 4.04. The number of phenols is 1. The molecule has 0 unspecified atom stereocenters. The molecule has 0 spiro atoms. The Balaban J connectivity index is 2.22. The van der Waals surface area contributed by atoms with E-state index in [4.69, 9.17) is 0 Å². The molecule has 2 nitrogen and oxygen atoms in total. The van der Waals surface area contributed by atoms with Crippen molar-refractivity contribution in [2.75, 3.05) is 13.1 Å². The number of nitrogens with one attached hydrogen (secondary N) is 1. The molecule has 0 atom stereocenters. The van der Waals surface area contributed by atoms with Gasteiger partial charge in [0.2, 0.25) is 0 Å². The van der Waals surface area contributed by atoms with E-state index in [-0.39, 0.29) is 0 Å². The second kappa shape index (κ2) is 2.99. The molecule has 0 aromatic heterocycles. The predicted molar refractivity (Wildman–Crippen MR) is 49.0 cm³/mol. The van der Waals surface area contributed by atoms with E-state index >= 15 is 0 Å². The largest absolute Gasteiger partial charge is 0.508 e. The van der Waals surface area contributed by atoms with Crippen molar-refractivity contribution in [2.24, 2.45) is 0 Å². The standard InChI is InChI=1S/C10H11NO/c12-10-3-1-2-8(5-10)4-9-6-11-7-9/h1-5,11-12H,6-7H2. The molecule has 2 rings (SSSR count). The van der Waals surface area contributed by atoms with E-state index in [1.54, 1.807) is 12.1 Å². The number of aromatic hydroxyl groups is 1. The van der Waals surface area contributed by atoms with Crippen molar-refractivity contribution in [3.05, 3.63) is 35.4 Å². The minimum atomic E-state index is 0.330. The fourth-order valence-corrected chi connectivity index (χ4v) is 1.22. The Labute approximate surface area is 71.5 Å². The molecule has 0 saturated carbocycles. The average molecular weight is 161 g/mol. The molecule has 0 amide bonds. The topological polar surface area (TPSA) is 32.3 Å². The van der Waals surface area contributed by atoms with Crippen LogP contribution in [0, 0.1) is 0 Å². The van der Waals surface area contributed by atoms with Gasteiger partial charge in [-0.25, -0.2) is 0 Å². The highest BCUT2D eigenvalue weighted by Crippen LogP contribution is 2.15. The molecule has 2 heteroatoms. The van der Waals surface area contributed by atoms with Gasteiger partial charge in [-0.1, -0.05) is 18.2 Å². The smallest absolute Gasteiger partial charge is 0.116 e. The van der Waals surface area contributed by atoms with Crippen LogP contribution in [0.25, 0.3) is 6.08 Å². The fourth-order valence-electron chi connectivity index (χ4n) is 1.22. The summed E-state index contributed by atoms with van der Waals surface area (Å²) in [7, 11) is 0. The van der Waals surface area contributed by atoms with Gasteiger partial charge in [-0.2, -0.15) is 0 Å². The monoisotopic (exact) mass is 161 g/mol. The molecule has 1 aliphatic heterocycles. The summed E-state index contributed by atoms with van der Waals surface area (Å²) in [5.74, 6) is 0.330. The molecule has 62 valence electrons. The normalized spacial score (nSPS) is 15.5. The van der Waals surface area contributed by atoms with Gasteiger partial charge in [0.05, 0.1) is 0 Å². The third-order valence-electron chi connectivity index (χ3n) is 1.95. The molecule has 1 fully saturated rings. The number of benzene rings is 1. The zero-order valence-electron chi connectivity index (χ0n) is 6.75. The maximum Gasteiger partial charge on any atom is 0.116 e. The second-order valence-electron chi connectivity index (χ2n) is 3.00. The van der Waals surface area contributed by atoms with Gasteiger partial charge in [0.15, 0.2) is 0 Å². The predicted octanol–water partition coefficient (Wildman–Crippen LogP) is 1.38. The molecule has 12 heavy (non-hydrogen) atoms. The van der Waals surface area contributed by atoms with E-state index in [2.05, 4.69) is 11.4 Å². The summed E-state index contributed by atoms with van der Waals surface area (Å²) < 4.78 is 0. The summed E-state index contributed by atoms with van der Waals surface area (Å²) >= 11 is 0. The fraction of sp³-hybridized carbons (Fsp3) is 0.200. The van der Waals surface area contributed by atoms with Crippen LogP contribution in [0.4, 0.5) is 0 Å². The van der Waals surface area contributed by atoms with E-state index in [1.807, 2.05) is 12.1 Å². The lowest BCUT2D eigenvalue weighted by molar-refractivity contribution is 0.475. The summed E-state index contributed by atoms with van der Waals surface area (Å²) in [6.45, 7) is 1.96. The van der Waals surface area contributed by atoms with Crippen molar-refractivity contribution in [1.29, 1.82) is 0 Å². The lowest BCUT2D eigenvalue weighted by atomic mass is 10.1. The molecule has 1 saturated heterocycles. The van der Waals surface area contributed by atoms with Crippen LogP contribution in [-0.2, 0) is 0 Å². The number of hydrogen-bond acceptors (Lipinski definition) is 2. The van der Waals surface area contributed by atoms with Gasteiger partial charge in [0.25, 0.3) is 0 Å². The van der Waals surface area contributed by atoms with E-state index < -0.39 is 0 Å². The molecular weight excluding hydrogens is 150 g/mol. The minimum Gasteiger partial charge on any atom is -0.508 e. The highest BCUT2D eigenvalue weighted by molar-refractivity contribution is 5.56. The molecule has 1 aromatic rings. The second-order valence-corrected chi connectivity index (χ2v) is 3.00. The van der Waals surface area contributed by atoms with Gasteiger partial charge in [-0.3, -0.25) is 0 Å². The summed E-state index contributed by atoms with van der Waals surface area (Å²) in [5, 5.41) is 12.3. The Morgan fingerprint density at radius 1 is 1.33 bits per heavy atom. The van der Waals surface area contributed by atoms with Gasteiger partial charge < -0.3 is 10.4 Å². The molecule has 2 N–H and O–H groups in total. The number of phenolic OH excluding ortho intramolecular Hbond substituents is 1. The zero-order chi connectivity index (χ0) is 8.39. The molecule has 1 aliphatic rings. The minimum absolute atomic E-state index is 0.330. The Bertz CT molecular complexity index is 311. The van der Waals surface area contributed by atoms with Crippen LogP contribution in [0.5, 0.6) is 5.75 Å².